The molecule has 0 saturated heterocycles. The number of ether oxygens (including phenoxy) is 1. The van der Waals surface area contributed by atoms with Gasteiger partial charge in [0.25, 0.3) is 0 Å². The molecule has 0 atom stereocenters. The van der Waals surface area contributed by atoms with E-state index in [0.29, 0.717) is 28.5 Å². The number of halogens is 1. The summed E-state index contributed by atoms with van der Waals surface area (Å²) in [7, 11) is 0. The van der Waals surface area contributed by atoms with Crippen molar-refractivity contribution in [2.75, 3.05) is 6.61 Å². The molecule has 2 aromatic carbocycles. The number of ketones is 1. The van der Waals surface area contributed by atoms with Gasteiger partial charge in [-0.15, -0.1) is 0 Å². The van der Waals surface area contributed by atoms with Gasteiger partial charge in [-0.2, -0.15) is 0 Å². The molecular weight excluding hydrogens is 408 g/mol. The Bertz CT molecular complexity index is 840. The minimum Gasteiger partial charge on any atom is -0.493 e. The van der Waals surface area contributed by atoms with Gasteiger partial charge in [0.05, 0.1) is 12.2 Å². The van der Waals surface area contributed by atoms with Gasteiger partial charge in [0, 0.05) is 16.5 Å². The first kappa shape index (κ1) is 21.2. The Hall–Kier alpha value is -2.14. The first-order valence-electron chi connectivity index (χ1n) is 9.00. The Kier molecular flexibility index (Phi) is 7.19. The van der Waals surface area contributed by atoms with Crippen LogP contribution in [0.5, 0.6) is 5.75 Å². The largest absolute Gasteiger partial charge is 0.493 e. The fourth-order valence-corrected chi connectivity index (χ4v) is 3.24. The molecule has 2 rings (SSSR count). The number of carboxylic acids is 1. The molecule has 2 aromatic rings. The van der Waals surface area contributed by atoms with Crippen molar-refractivity contribution in [1.82, 2.24) is 0 Å². The molecule has 27 heavy (non-hydrogen) atoms. The van der Waals surface area contributed by atoms with Crippen LogP contribution in [-0.2, 0) is 6.42 Å². The zero-order valence-electron chi connectivity index (χ0n) is 16.1. The maximum Gasteiger partial charge on any atom is 0.336 e. The summed E-state index contributed by atoms with van der Waals surface area (Å²) in [5, 5.41) is 9.09. The van der Waals surface area contributed by atoms with Gasteiger partial charge >= 0.3 is 5.97 Å². The number of benzene rings is 2. The molecule has 0 radical (unpaired) electrons. The van der Waals surface area contributed by atoms with Crippen LogP contribution < -0.4 is 4.74 Å². The highest BCUT2D eigenvalue weighted by Gasteiger charge is 2.15. The summed E-state index contributed by atoms with van der Waals surface area (Å²) in [6, 6.07) is 10.5. The van der Waals surface area contributed by atoms with Crippen molar-refractivity contribution in [3.63, 3.8) is 0 Å². The average molecular weight is 433 g/mol. The molecule has 0 unspecified atom stereocenters. The molecule has 1 N–H and O–H groups in total. The second-order valence-corrected chi connectivity index (χ2v) is 8.19. The number of aromatic carboxylic acids is 1. The standard InChI is InChI=1S/C22H25BrO4/c1-13(2)12-27-21-10-15(5-7-17(21)14(3)4)9-20(24)16-6-8-18(22(25)26)19(23)11-16/h5-8,10-11,13-14H,9,12H2,1-4H3,(H,25,26). The smallest absolute Gasteiger partial charge is 0.336 e. The predicted octanol–water partition coefficient (Wildman–Crippen LogP) is 5.73. The minimum absolute atomic E-state index is 0.0697. The topological polar surface area (TPSA) is 63.6 Å². The van der Waals surface area contributed by atoms with Crippen LogP contribution in [-0.4, -0.2) is 23.5 Å². The monoisotopic (exact) mass is 432 g/mol. The maximum atomic E-state index is 12.6. The zero-order chi connectivity index (χ0) is 20.1. The fourth-order valence-electron chi connectivity index (χ4n) is 2.70. The molecule has 5 heteroatoms. The highest BCUT2D eigenvalue weighted by Crippen LogP contribution is 2.29. The minimum atomic E-state index is -1.03. The van der Waals surface area contributed by atoms with Gasteiger partial charge in [0.15, 0.2) is 5.78 Å². The predicted molar refractivity (Wildman–Crippen MR) is 110 cm³/mol. The van der Waals surface area contributed by atoms with Crippen molar-refractivity contribution in [3.05, 3.63) is 63.1 Å². The summed E-state index contributed by atoms with van der Waals surface area (Å²) in [5.74, 6) is 0.472. The normalized spacial score (nSPS) is 11.1. The van der Waals surface area contributed by atoms with Crippen molar-refractivity contribution in [2.24, 2.45) is 5.92 Å². The van der Waals surface area contributed by atoms with Gasteiger partial charge in [0.1, 0.15) is 5.75 Å². The van der Waals surface area contributed by atoms with E-state index < -0.39 is 5.97 Å². The quantitative estimate of drug-likeness (QED) is 0.540. The molecule has 4 nitrogen and oxygen atoms in total. The molecule has 0 aliphatic rings. The number of rotatable bonds is 8. The maximum absolute atomic E-state index is 12.6. The fraction of sp³-hybridized carbons (Fsp3) is 0.364. The van der Waals surface area contributed by atoms with Crippen LogP contribution in [0.4, 0.5) is 0 Å². The molecule has 0 aliphatic carbocycles. The third-order valence-corrected chi connectivity index (χ3v) is 4.81. The second-order valence-electron chi connectivity index (χ2n) is 7.33. The Balaban J connectivity index is 2.23. The lowest BCUT2D eigenvalue weighted by Gasteiger charge is -2.17. The molecule has 0 saturated carbocycles. The Morgan fingerprint density at radius 2 is 1.78 bits per heavy atom. The number of carbonyl (C=O) groups excluding carboxylic acids is 1. The van der Waals surface area contributed by atoms with Crippen molar-refractivity contribution < 1.29 is 19.4 Å². The molecule has 0 heterocycles. The lowest BCUT2D eigenvalue weighted by atomic mass is 9.97. The van der Waals surface area contributed by atoms with Crippen molar-refractivity contribution >= 4 is 27.7 Å². The third-order valence-electron chi connectivity index (χ3n) is 4.16. The first-order chi connectivity index (χ1) is 12.7. The van der Waals surface area contributed by atoms with Crippen LogP contribution in [0.15, 0.2) is 40.9 Å². The number of hydrogen-bond donors (Lipinski definition) is 1. The number of carbonyl (C=O) groups is 2. The van der Waals surface area contributed by atoms with Crippen molar-refractivity contribution in [2.45, 2.75) is 40.0 Å². The Labute approximate surface area is 168 Å². The lowest BCUT2D eigenvalue weighted by Crippen LogP contribution is -2.09. The molecule has 0 bridgehead atoms. The van der Waals surface area contributed by atoms with Crippen LogP contribution in [0.3, 0.4) is 0 Å². The van der Waals surface area contributed by atoms with Crippen LogP contribution in [0.2, 0.25) is 0 Å². The van der Waals surface area contributed by atoms with E-state index in [9.17, 15) is 9.59 Å². The highest BCUT2D eigenvalue weighted by atomic mass is 79.9. The van der Waals surface area contributed by atoms with Crippen LogP contribution in [0.25, 0.3) is 0 Å². The van der Waals surface area contributed by atoms with E-state index in [0.717, 1.165) is 16.9 Å². The van der Waals surface area contributed by atoms with E-state index in [2.05, 4.69) is 43.6 Å². The summed E-state index contributed by atoms with van der Waals surface area (Å²) >= 11 is 3.22. The number of hydrogen-bond acceptors (Lipinski definition) is 3. The summed E-state index contributed by atoms with van der Waals surface area (Å²) in [6.45, 7) is 9.05. The van der Waals surface area contributed by atoms with Crippen LogP contribution >= 0.6 is 15.9 Å². The average Bonchev–Trinajstić information content (AvgIpc) is 2.59. The summed E-state index contributed by atoms with van der Waals surface area (Å²) in [6.07, 6.45) is 0.231. The highest BCUT2D eigenvalue weighted by molar-refractivity contribution is 9.10. The van der Waals surface area contributed by atoms with Crippen LogP contribution in [0, 0.1) is 5.92 Å². The molecule has 0 fully saturated rings. The van der Waals surface area contributed by atoms with E-state index >= 15 is 0 Å². The molecule has 144 valence electrons. The Morgan fingerprint density at radius 1 is 1.07 bits per heavy atom. The van der Waals surface area contributed by atoms with E-state index in [1.54, 1.807) is 12.1 Å². The molecule has 0 amide bonds. The second kappa shape index (κ2) is 9.18. The van der Waals surface area contributed by atoms with Gasteiger partial charge in [0.2, 0.25) is 0 Å². The summed E-state index contributed by atoms with van der Waals surface area (Å²) in [5.41, 5.74) is 2.61. The van der Waals surface area contributed by atoms with E-state index in [1.807, 2.05) is 18.2 Å². The number of Topliss-reactive ketones (excluding diaryl/α,β-unsaturated/α-hetero) is 1. The first-order valence-corrected chi connectivity index (χ1v) is 9.80. The molecule has 0 spiro atoms. The summed E-state index contributed by atoms with van der Waals surface area (Å²) < 4.78 is 6.36. The molecule has 0 aliphatic heterocycles. The summed E-state index contributed by atoms with van der Waals surface area (Å²) in [4.78, 5) is 23.7. The van der Waals surface area contributed by atoms with E-state index in [1.165, 1.54) is 6.07 Å². The van der Waals surface area contributed by atoms with Crippen LogP contribution in [0.1, 0.15) is 65.5 Å². The number of carboxylic acid groups (broad SMARTS) is 1. The van der Waals surface area contributed by atoms with Gasteiger partial charge in [-0.3, -0.25) is 4.79 Å². The molecular formula is C22H25BrO4. The lowest BCUT2D eigenvalue weighted by molar-refractivity contribution is 0.0695. The SMILES string of the molecule is CC(C)COc1cc(CC(=O)c2ccc(C(=O)O)c(Br)c2)ccc1C(C)C. The van der Waals surface area contributed by atoms with Crippen molar-refractivity contribution in [3.8, 4) is 5.75 Å². The van der Waals surface area contributed by atoms with Gasteiger partial charge < -0.3 is 9.84 Å². The third kappa shape index (κ3) is 5.67. The Morgan fingerprint density at radius 3 is 2.33 bits per heavy atom. The van der Waals surface area contributed by atoms with E-state index in [4.69, 9.17) is 9.84 Å². The zero-order valence-corrected chi connectivity index (χ0v) is 17.7. The van der Waals surface area contributed by atoms with E-state index in [-0.39, 0.29) is 17.8 Å². The van der Waals surface area contributed by atoms with Crippen molar-refractivity contribution in [1.29, 1.82) is 0 Å². The van der Waals surface area contributed by atoms with Gasteiger partial charge in [-0.1, -0.05) is 45.9 Å². The van der Waals surface area contributed by atoms with Gasteiger partial charge in [-0.05, 0) is 57.1 Å². The molecule has 0 aromatic heterocycles. The van der Waals surface area contributed by atoms with Gasteiger partial charge in [-0.25, -0.2) is 4.79 Å².